The summed E-state index contributed by atoms with van der Waals surface area (Å²) in [6, 6.07) is 0. The summed E-state index contributed by atoms with van der Waals surface area (Å²) in [7, 11) is 1.63. The molecule has 0 unspecified atom stereocenters. The Kier molecular flexibility index (Phi) is 4.71. The number of hydrogen-bond acceptors (Lipinski definition) is 6. The minimum Gasteiger partial charge on any atom is -0.462 e. The van der Waals surface area contributed by atoms with Crippen molar-refractivity contribution < 1.29 is 28.5 Å². The Hall–Kier alpha value is -1.40. The molecular formula is C19H28O6. The number of carbonyl (C=O) groups excluding carboxylic acids is 2. The lowest BCUT2D eigenvalue weighted by molar-refractivity contribution is -0.218. The summed E-state index contributed by atoms with van der Waals surface area (Å²) >= 11 is 0. The number of rotatable bonds is 3. The third-order valence-electron chi connectivity index (χ3n) is 5.68. The zero-order valence-corrected chi connectivity index (χ0v) is 15.7. The fraction of sp³-hybridized carbons (Fsp3) is 0.789. The Morgan fingerprint density at radius 2 is 2.08 bits per heavy atom. The number of hydrogen-bond donors (Lipinski definition) is 0. The molecule has 0 radical (unpaired) electrons. The van der Waals surface area contributed by atoms with Gasteiger partial charge in [0.2, 0.25) is 0 Å². The molecule has 2 bridgehead atoms. The van der Waals surface area contributed by atoms with E-state index in [-0.39, 0.29) is 30.2 Å². The molecule has 0 saturated carbocycles. The molecule has 0 aromatic rings. The van der Waals surface area contributed by atoms with Crippen LogP contribution in [0.25, 0.3) is 0 Å². The summed E-state index contributed by atoms with van der Waals surface area (Å²) in [5, 5.41) is 0. The van der Waals surface area contributed by atoms with Crippen molar-refractivity contribution >= 4 is 11.9 Å². The predicted octanol–water partition coefficient (Wildman–Crippen LogP) is 2.75. The highest BCUT2D eigenvalue weighted by Crippen LogP contribution is 2.48. The average Bonchev–Trinajstić information content (AvgIpc) is 3.07. The summed E-state index contributed by atoms with van der Waals surface area (Å²) in [6.07, 6.45) is 3.36. The molecular weight excluding hydrogens is 324 g/mol. The van der Waals surface area contributed by atoms with E-state index in [0.717, 1.165) is 18.4 Å². The van der Waals surface area contributed by atoms with Crippen LogP contribution in [-0.4, -0.2) is 42.6 Å². The van der Waals surface area contributed by atoms with Gasteiger partial charge in [0.15, 0.2) is 5.79 Å². The van der Waals surface area contributed by atoms with Crippen LogP contribution in [-0.2, 0) is 28.5 Å². The topological polar surface area (TPSA) is 71.1 Å². The molecule has 140 valence electrons. The summed E-state index contributed by atoms with van der Waals surface area (Å²) in [5.74, 6) is -1.74. The van der Waals surface area contributed by atoms with Crippen molar-refractivity contribution in [2.75, 3.05) is 7.11 Å². The van der Waals surface area contributed by atoms with Gasteiger partial charge in [-0.25, -0.2) is 0 Å². The van der Waals surface area contributed by atoms with Gasteiger partial charge in [0.25, 0.3) is 0 Å². The second-order valence-electron chi connectivity index (χ2n) is 8.02. The fourth-order valence-electron chi connectivity index (χ4n) is 4.12. The first-order valence-corrected chi connectivity index (χ1v) is 9.02. The molecule has 6 heteroatoms. The highest BCUT2D eigenvalue weighted by molar-refractivity contribution is 5.74. The van der Waals surface area contributed by atoms with Gasteiger partial charge in [-0.15, -0.1) is 0 Å². The van der Waals surface area contributed by atoms with E-state index in [1.54, 1.807) is 21.0 Å². The van der Waals surface area contributed by atoms with Gasteiger partial charge >= 0.3 is 11.9 Å². The zero-order chi connectivity index (χ0) is 18.4. The molecule has 25 heavy (non-hydrogen) atoms. The van der Waals surface area contributed by atoms with Crippen LogP contribution in [0, 0.1) is 11.8 Å². The standard InChI is InChI=1S/C19H28O6/c1-11(2)17(21)24-15-10-18(4)6-7-19(22-5,25-18)12(3)8-14-13(15)9-16(20)23-14/h8,11,13-15H,6-7,9-10H2,1-5H3/b12-8-/t13-,14+,15+,18-,19+/m0/s1. The van der Waals surface area contributed by atoms with E-state index in [0.29, 0.717) is 6.42 Å². The Labute approximate surface area is 148 Å². The maximum absolute atomic E-state index is 12.2. The van der Waals surface area contributed by atoms with E-state index in [1.165, 1.54) is 0 Å². The normalized spacial score (nSPS) is 42.7. The van der Waals surface area contributed by atoms with Crippen LogP contribution in [0.4, 0.5) is 0 Å². The third kappa shape index (κ3) is 3.34. The molecule has 3 aliphatic rings. The number of ether oxygens (including phenoxy) is 4. The van der Waals surface area contributed by atoms with Crippen molar-refractivity contribution in [3.63, 3.8) is 0 Å². The first-order chi connectivity index (χ1) is 11.7. The van der Waals surface area contributed by atoms with Gasteiger partial charge in [-0.05, 0) is 31.9 Å². The summed E-state index contributed by atoms with van der Waals surface area (Å²) < 4.78 is 23.4. The van der Waals surface area contributed by atoms with Crippen LogP contribution >= 0.6 is 0 Å². The lowest BCUT2D eigenvalue weighted by Gasteiger charge is -2.34. The van der Waals surface area contributed by atoms with Gasteiger partial charge in [0.05, 0.1) is 17.9 Å². The Morgan fingerprint density at radius 1 is 1.36 bits per heavy atom. The molecule has 0 aromatic carbocycles. The predicted molar refractivity (Wildman–Crippen MR) is 89.5 cm³/mol. The largest absolute Gasteiger partial charge is 0.462 e. The van der Waals surface area contributed by atoms with Gasteiger partial charge in [0, 0.05) is 25.9 Å². The molecule has 0 spiro atoms. The summed E-state index contributed by atoms with van der Waals surface area (Å²) in [5.41, 5.74) is 0.423. The number of carbonyl (C=O) groups is 2. The monoisotopic (exact) mass is 352 g/mol. The maximum Gasteiger partial charge on any atom is 0.308 e. The lowest BCUT2D eigenvalue weighted by atomic mass is 9.83. The quantitative estimate of drug-likeness (QED) is 0.574. The average molecular weight is 352 g/mol. The van der Waals surface area contributed by atoms with Gasteiger partial charge < -0.3 is 18.9 Å². The van der Waals surface area contributed by atoms with E-state index in [1.807, 2.05) is 19.9 Å². The third-order valence-corrected chi connectivity index (χ3v) is 5.68. The van der Waals surface area contributed by atoms with Gasteiger partial charge in [-0.2, -0.15) is 0 Å². The van der Waals surface area contributed by atoms with Crippen molar-refractivity contribution in [3.05, 3.63) is 11.6 Å². The second kappa shape index (κ2) is 6.40. The molecule has 3 heterocycles. The molecule has 0 aromatic heterocycles. The van der Waals surface area contributed by atoms with Crippen molar-refractivity contribution in [1.29, 1.82) is 0 Å². The molecule has 0 N–H and O–H groups in total. The SMILES string of the molecule is CO[C@@]12CC[C@@](C)(C[C@@H](OC(=O)C(C)C)[C@H]3CC(=O)O[C@@H]3/C=C\1C)O2. The number of methoxy groups -OCH3 is 1. The first kappa shape index (κ1) is 18.4. The fourth-order valence-corrected chi connectivity index (χ4v) is 4.12. The zero-order valence-electron chi connectivity index (χ0n) is 15.7. The van der Waals surface area contributed by atoms with Crippen LogP contribution < -0.4 is 0 Å². The second-order valence-corrected chi connectivity index (χ2v) is 8.02. The molecule has 0 aliphatic carbocycles. The summed E-state index contributed by atoms with van der Waals surface area (Å²) in [6.45, 7) is 7.58. The van der Waals surface area contributed by atoms with E-state index >= 15 is 0 Å². The first-order valence-electron chi connectivity index (χ1n) is 9.02. The Bertz CT molecular complexity index is 597. The van der Waals surface area contributed by atoms with Crippen molar-refractivity contribution in [3.8, 4) is 0 Å². The molecule has 6 nitrogen and oxygen atoms in total. The molecule has 3 aliphatic heterocycles. The van der Waals surface area contributed by atoms with Crippen molar-refractivity contribution in [1.82, 2.24) is 0 Å². The smallest absolute Gasteiger partial charge is 0.308 e. The van der Waals surface area contributed by atoms with Crippen molar-refractivity contribution in [2.24, 2.45) is 11.8 Å². The molecule has 2 fully saturated rings. The van der Waals surface area contributed by atoms with E-state index in [4.69, 9.17) is 18.9 Å². The molecule has 3 rings (SSSR count). The van der Waals surface area contributed by atoms with E-state index < -0.39 is 23.6 Å². The van der Waals surface area contributed by atoms with Crippen LogP contribution in [0.2, 0.25) is 0 Å². The maximum atomic E-state index is 12.2. The molecule has 5 atom stereocenters. The minimum atomic E-state index is -0.800. The highest BCUT2D eigenvalue weighted by Gasteiger charge is 2.54. The van der Waals surface area contributed by atoms with Crippen LogP contribution in [0.3, 0.4) is 0 Å². The van der Waals surface area contributed by atoms with E-state index in [9.17, 15) is 9.59 Å². The molecule has 2 saturated heterocycles. The number of fused-ring (bicyclic) bond motifs is 3. The number of esters is 2. The van der Waals surface area contributed by atoms with Gasteiger partial charge in [-0.1, -0.05) is 13.8 Å². The van der Waals surface area contributed by atoms with Gasteiger partial charge in [0.1, 0.15) is 12.2 Å². The van der Waals surface area contributed by atoms with Crippen LogP contribution in [0.15, 0.2) is 11.6 Å². The lowest BCUT2D eigenvalue weighted by Crippen LogP contribution is -2.40. The van der Waals surface area contributed by atoms with Crippen molar-refractivity contribution in [2.45, 2.75) is 77.0 Å². The molecule has 0 amide bonds. The highest BCUT2D eigenvalue weighted by atomic mass is 16.7. The Balaban J connectivity index is 1.98. The van der Waals surface area contributed by atoms with Gasteiger partial charge in [-0.3, -0.25) is 9.59 Å². The Morgan fingerprint density at radius 3 is 2.72 bits per heavy atom. The van der Waals surface area contributed by atoms with E-state index in [2.05, 4.69) is 0 Å². The van der Waals surface area contributed by atoms with Crippen LogP contribution in [0.5, 0.6) is 0 Å². The van der Waals surface area contributed by atoms with Crippen LogP contribution in [0.1, 0.15) is 53.4 Å². The minimum absolute atomic E-state index is 0.196. The summed E-state index contributed by atoms with van der Waals surface area (Å²) in [4.78, 5) is 24.2.